The number of carbonyl (C=O) groups excluding carboxylic acids is 5. The van der Waals surface area contributed by atoms with Crippen LogP contribution in [-0.4, -0.2) is 83.9 Å². The highest BCUT2D eigenvalue weighted by Gasteiger charge is 2.36. The molecule has 0 fully saturated rings. The molecule has 0 aliphatic carbocycles. The van der Waals surface area contributed by atoms with E-state index in [1.807, 2.05) is 44.2 Å². The Kier molecular flexibility index (Phi) is 20.1. The number of hydrogen-bond donors (Lipinski definition) is 6. The molecule has 5 amide bonds. The van der Waals surface area contributed by atoms with Crippen molar-refractivity contribution in [3.05, 3.63) is 35.9 Å². The number of carbonyl (C=O) groups is 5. The molecule has 0 aliphatic heterocycles. The van der Waals surface area contributed by atoms with Crippen LogP contribution >= 0.6 is 0 Å². The van der Waals surface area contributed by atoms with Crippen LogP contribution in [0.1, 0.15) is 90.5 Å². The van der Waals surface area contributed by atoms with Crippen LogP contribution in [0.2, 0.25) is 0 Å². The summed E-state index contributed by atoms with van der Waals surface area (Å²) < 4.78 is 0. The van der Waals surface area contributed by atoms with Crippen LogP contribution < -0.4 is 27.4 Å². The van der Waals surface area contributed by atoms with Crippen molar-refractivity contribution in [1.29, 1.82) is 0 Å². The minimum absolute atomic E-state index is 0.0244. The molecule has 0 aliphatic rings. The van der Waals surface area contributed by atoms with Crippen LogP contribution in [0, 0.1) is 5.92 Å². The topological polar surface area (TPSA) is 197 Å². The molecule has 0 bridgehead atoms. The van der Waals surface area contributed by atoms with Gasteiger partial charge < -0.3 is 37.4 Å². The Morgan fingerprint density at radius 3 is 2.13 bits per heavy atom. The van der Waals surface area contributed by atoms with Gasteiger partial charge in [-0.1, -0.05) is 83.2 Å². The summed E-state index contributed by atoms with van der Waals surface area (Å²) in [5, 5.41) is 18.1. The van der Waals surface area contributed by atoms with Crippen LogP contribution in [0.15, 0.2) is 30.3 Å². The molecule has 1 rings (SSSR count). The van der Waals surface area contributed by atoms with E-state index >= 15 is 0 Å². The van der Waals surface area contributed by atoms with Gasteiger partial charge in [0.25, 0.3) is 0 Å². The van der Waals surface area contributed by atoms with Gasteiger partial charge in [-0.05, 0) is 43.7 Å². The van der Waals surface area contributed by atoms with E-state index in [0.717, 1.165) is 37.7 Å². The lowest BCUT2D eigenvalue weighted by Gasteiger charge is -2.35. The number of rotatable bonds is 24. The second kappa shape index (κ2) is 22.9. The number of nitrogens with two attached hydrogens (primary N) is 2. The van der Waals surface area contributed by atoms with Crippen molar-refractivity contribution in [2.75, 3.05) is 26.2 Å². The van der Waals surface area contributed by atoms with E-state index in [1.165, 1.54) is 4.90 Å². The second-order valence-corrected chi connectivity index (χ2v) is 11.9. The fourth-order valence-electron chi connectivity index (χ4n) is 5.01. The van der Waals surface area contributed by atoms with Gasteiger partial charge in [-0.2, -0.15) is 0 Å². The van der Waals surface area contributed by atoms with E-state index < -0.39 is 48.4 Å². The molecule has 0 unspecified atom stereocenters. The first-order valence-electron chi connectivity index (χ1n) is 16.3. The zero-order valence-corrected chi connectivity index (χ0v) is 27.4. The Hall–Kier alpha value is -3.51. The van der Waals surface area contributed by atoms with Crippen molar-refractivity contribution in [1.82, 2.24) is 20.9 Å². The zero-order chi connectivity index (χ0) is 33.6. The number of primary amides is 1. The van der Waals surface area contributed by atoms with Gasteiger partial charge in [0.05, 0.1) is 13.2 Å². The third-order valence-electron chi connectivity index (χ3n) is 7.44. The average Bonchev–Trinajstić information content (AvgIpc) is 3.01. The zero-order valence-electron chi connectivity index (χ0n) is 27.4. The van der Waals surface area contributed by atoms with Crippen molar-refractivity contribution >= 4 is 29.5 Å². The highest BCUT2D eigenvalue weighted by atomic mass is 16.3. The van der Waals surface area contributed by atoms with Crippen LogP contribution in [0.5, 0.6) is 0 Å². The molecule has 254 valence electrons. The Bertz CT molecular complexity index is 1040. The second-order valence-electron chi connectivity index (χ2n) is 11.9. The van der Waals surface area contributed by atoms with Gasteiger partial charge in [-0.15, -0.1) is 0 Å². The first-order chi connectivity index (χ1) is 21.5. The van der Waals surface area contributed by atoms with E-state index in [0.29, 0.717) is 25.8 Å². The molecule has 12 nitrogen and oxygen atoms in total. The molecule has 1 aromatic carbocycles. The Balaban J connectivity index is 3.40. The molecule has 45 heavy (non-hydrogen) atoms. The van der Waals surface area contributed by atoms with E-state index in [4.69, 9.17) is 11.5 Å². The van der Waals surface area contributed by atoms with Gasteiger partial charge in [-0.25, -0.2) is 0 Å². The van der Waals surface area contributed by atoms with E-state index in [9.17, 15) is 29.1 Å². The van der Waals surface area contributed by atoms with Crippen molar-refractivity contribution in [2.45, 2.75) is 110 Å². The van der Waals surface area contributed by atoms with Gasteiger partial charge in [0.1, 0.15) is 18.1 Å². The summed E-state index contributed by atoms with van der Waals surface area (Å²) >= 11 is 0. The fraction of sp³-hybridized carbons (Fsp3) is 0.667. The van der Waals surface area contributed by atoms with E-state index in [-0.39, 0.29) is 44.2 Å². The maximum Gasteiger partial charge on any atom is 0.248 e. The molecule has 0 aromatic heterocycles. The van der Waals surface area contributed by atoms with Crippen molar-refractivity contribution in [3.8, 4) is 0 Å². The lowest BCUT2D eigenvalue weighted by Crippen LogP contribution is -2.60. The number of aliphatic hydroxyl groups excluding tert-OH is 1. The predicted molar refractivity (Wildman–Crippen MR) is 175 cm³/mol. The molecule has 0 spiro atoms. The SMILES string of the molecule is CCCCCCCCN(C(=O)[C@H](CO)NC(=O)CCCCN)[C@@H](Cc1ccccc1)C(=O)N[C@@H](CC(C)C)C(=O)NCC(N)=O. The van der Waals surface area contributed by atoms with Crippen LogP contribution in [0.3, 0.4) is 0 Å². The first kappa shape index (κ1) is 39.5. The lowest BCUT2D eigenvalue weighted by molar-refractivity contribution is -0.145. The number of unbranched alkanes of at least 4 members (excludes halogenated alkanes) is 6. The van der Waals surface area contributed by atoms with Gasteiger partial charge in [0, 0.05) is 19.4 Å². The molecule has 1 aromatic rings. The number of nitrogens with zero attached hydrogens (tertiary/aromatic N) is 1. The van der Waals surface area contributed by atoms with Crippen LogP contribution in [0.4, 0.5) is 0 Å². The minimum Gasteiger partial charge on any atom is -0.394 e. The maximum absolute atomic E-state index is 14.1. The van der Waals surface area contributed by atoms with Crippen molar-refractivity contribution in [2.24, 2.45) is 17.4 Å². The van der Waals surface area contributed by atoms with E-state index in [1.54, 1.807) is 0 Å². The van der Waals surface area contributed by atoms with Crippen LogP contribution in [0.25, 0.3) is 0 Å². The summed E-state index contributed by atoms with van der Waals surface area (Å²) in [5.74, 6) is -2.76. The monoisotopic (exact) mass is 632 g/mol. The van der Waals surface area contributed by atoms with E-state index in [2.05, 4.69) is 22.9 Å². The Labute approximate surface area is 268 Å². The highest BCUT2D eigenvalue weighted by molar-refractivity contribution is 5.95. The molecule has 0 saturated carbocycles. The third kappa shape index (κ3) is 16.4. The fourth-order valence-corrected chi connectivity index (χ4v) is 5.01. The summed E-state index contributed by atoms with van der Waals surface area (Å²) in [4.78, 5) is 66.4. The minimum atomic E-state index is -1.24. The normalized spacial score (nSPS) is 13.0. The summed E-state index contributed by atoms with van der Waals surface area (Å²) in [6, 6.07) is 5.95. The van der Waals surface area contributed by atoms with Crippen molar-refractivity contribution in [3.63, 3.8) is 0 Å². The molecule has 8 N–H and O–H groups in total. The predicted octanol–water partition coefficient (Wildman–Crippen LogP) is 1.53. The number of nitrogens with one attached hydrogen (secondary N) is 3. The van der Waals surface area contributed by atoms with Crippen LogP contribution in [-0.2, 0) is 30.4 Å². The quantitative estimate of drug-likeness (QED) is 0.0929. The summed E-state index contributed by atoms with van der Waals surface area (Å²) in [7, 11) is 0. The number of amides is 5. The van der Waals surface area contributed by atoms with Gasteiger partial charge >= 0.3 is 0 Å². The van der Waals surface area contributed by atoms with Gasteiger partial charge in [-0.3, -0.25) is 24.0 Å². The summed E-state index contributed by atoms with van der Waals surface area (Å²) in [5.41, 5.74) is 11.5. The number of benzene rings is 1. The molecular weight excluding hydrogens is 576 g/mol. The van der Waals surface area contributed by atoms with Crippen molar-refractivity contribution < 1.29 is 29.1 Å². The van der Waals surface area contributed by atoms with Gasteiger partial charge in [0.15, 0.2) is 0 Å². The standard InChI is InChI=1S/C33H56N6O6/c1-4-5-6-7-8-14-19-39(33(45)27(23-40)37-30(42)17-12-13-18-34)28(21-25-15-10-9-11-16-25)32(44)38-26(20-24(2)3)31(43)36-22-29(35)41/h9-11,15-16,24,26-28,40H,4-8,12-14,17-23,34H2,1-3H3,(H2,35,41)(H,36,43)(H,37,42)(H,38,44)/t26-,27-,28-/m0/s1. The first-order valence-corrected chi connectivity index (χ1v) is 16.3. The highest BCUT2D eigenvalue weighted by Crippen LogP contribution is 2.16. The van der Waals surface area contributed by atoms with Gasteiger partial charge in [0.2, 0.25) is 29.5 Å². The molecular formula is C33H56N6O6. The maximum atomic E-state index is 14.1. The Morgan fingerprint density at radius 2 is 1.53 bits per heavy atom. The molecule has 0 saturated heterocycles. The third-order valence-corrected chi connectivity index (χ3v) is 7.44. The molecule has 0 radical (unpaired) electrons. The summed E-state index contributed by atoms with van der Waals surface area (Å²) in [6.07, 6.45) is 7.49. The largest absolute Gasteiger partial charge is 0.394 e. The smallest absolute Gasteiger partial charge is 0.248 e. The average molecular weight is 633 g/mol. The number of hydrogen-bond acceptors (Lipinski definition) is 7. The molecule has 3 atom stereocenters. The number of aliphatic hydroxyl groups is 1. The Morgan fingerprint density at radius 1 is 0.867 bits per heavy atom. The molecule has 0 heterocycles. The lowest BCUT2D eigenvalue weighted by atomic mass is 9.99. The summed E-state index contributed by atoms with van der Waals surface area (Å²) in [6.45, 7) is 5.58. The molecule has 12 heteroatoms.